The van der Waals surface area contributed by atoms with Crippen LogP contribution in [0.15, 0.2) is 0 Å². The third kappa shape index (κ3) is 2.50. The van der Waals surface area contributed by atoms with E-state index >= 15 is 0 Å². The van der Waals surface area contributed by atoms with Gasteiger partial charge in [-0.05, 0) is 37.0 Å². The molecule has 0 radical (unpaired) electrons. The number of hydrogen-bond acceptors (Lipinski definition) is 1. The first-order chi connectivity index (χ1) is 6.49. The molecule has 0 saturated heterocycles. The van der Waals surface area contributed by atoms with E-state index in [1.165, 1.54) is 32.1 Å². The van der Waals surface area contributed by atoms with Crippen molar-refractivity contribution in [3.63, 3.8) is 0 Å². The highest BCUT2D eigenvalue weighted by atomic mass is 14.8. The lowest BCUT2D eigenvalue weighted by Gasteiger charge is -2.46. The van der Waals surface area contributed by atoms with Crippen LogP contribution in [0.3, 0.4) is 0 Å². The van der Waals surface area contributed by atoms with Crippen LogP contribution in [0.4, 0.5) is 0 Å². The normalized spacial score (nSPS) is 39.0. The summed E-state index contributed by atoms with van der Waals surface area (Å²) in [6, 6.07) is 0. The molecule has 0 heterocycles. The van der Waals surface area contributed by atoms with E-state index in [0.717, 1.165) is 17.8 Å². The maximum absolute atomic E-state index is 6.61. The molecule has 3 atom stereocenters. The molecule has 0 aromatic heterocycles. The molecule has 1 saturated carbocycles. The highest BCUT2D eigenvalue weighted by Gasteiger charge is 2.40. The van der Waals surface area contributed by atoms with Gasteiger partial charge in [0.15, 0.2) is 0 Å². The highest BCUT2D eigenvalue weighted by molar-refractivity contribution is 4.96. The Balaban J connectivity index is 2.72. The first kappa shape index (κ1) is 12.0. The van der Waals surface area contributed by atoms with Gasteiger partial charge in [0.05, 0.1) is 0 Å². The molecule has 1 nitrogen and oxygen atoms in total. The van der Waals surface area contributed by atoms with Gasteiger partial charge in [0, 0.05) is 5.54 Å². The molecule has 1 aliphatic carbocycles. The van der Waals surface area contributed by atoms with Crippen LogP contribution in [0.1, 0.15) is 59.8 Å². The van der Waals surface area contributed by atoms with Crippen molar-refractivity contribution in [3.8, 4) is 0 Å². The molecule has 0 aromatic carbocycles. The van der Waals surface area contributed by atoms with Crippen molar-refractivity contribution >= 4 is 0 Å². The molecule has 0 aliphatic heterocycles. The number of rotatable bonds is 3. The molecule has 1 aliphatic rings. The summed E-state index contributed by atoms with van der Waals surface area (Å²) in [5.41, 5.74) is 6.74. The fourth-order valence-corrected chi connectivity index (χ4v) is 3.40. The van der Waals surface area contributed by atoms with Crippen molar-refractivity contribution < 1.29 is 0 Å². The molecular formula is C13H27N. The monoisotopic (exact) mass is 197 g/mol. The molecule has 0 amide bonds. The minimum atomic E-state index is 0.139. The molecule has 0 spiro atoms. The predicted octanol–water partition coefficient (Wildman–Crippen LogP) is 3.58. The zero-order chi connectivity index (χ0) is 10.8. The molecule has 1 rings (SSSR count). The minimum Gasteiger partial charge on any atom is -0.325 e. The third-order valence-corrected chi connectivity index (χ3v) is 3.96. The maximum Gasteiger partial charge on any atom is 0.0187 e. The second-order valence-electron chi connectivity index (χ2n) is 5.72. The molecule has 3 unspecified atom stereocenters. The van der Waals surface area contributed by atoms with Gasteiger partial charge in [-0.1, -0.05) is 40.5 Å². The Morgan fingerprint density at radius 2 is 2.00 bits per heavy atom. The predicted molar refractivity (Wildman–Crippen MR) is 63.2 cm³/mol. The zero-order valence-corrected chi connectivity index (χ0v) is 10.3. The fraction of sp³-hybridized carbons (Fsp3) is 1.00. The Morgan fingerprint density at radius 3 is 2.50 bits per heavy atom. The smallest absolute Gasteiger partial charge is 0.0187 e. The summed E-state index contributed by atoms with van der Waals surface area (Å²) >= 11 is 0. The largest absolute Gasteiger partial charge is 0.325 e. The van der Waals surface area contributed by atoms with Crippen LogP contribution in [0.25, 0.3) is 0 Å². The van der Waals surface area contributed by atoms with E-state index in [-0.39, 0.29) is 5.54 Å². The van der Waals surface area contributed by atoms with Crippen LogP contribution in [-0.4, -0.2) is 5.54 Å². The van der Waals surface area contributed by atoms with Crippen LogP contribution >= 0.6 is 0 Å². The average Bonchev–Trinajstić information content (AvgIpc) is 2.02. The van der Waals surface area contributed by atoms with Gasteiger partial charge in [-0.3, -0.25) is 0 Å². The molecule has 2 N–H and O–H groups in total. The summed E-state index contributed by atoms with van der Waals surface area (Å²) in [5, 5.41) is 0. The van der Waals surface area contributed by atoms with Gasteiger partial charge in [0.2, 0.25) is 0 Å². The van der Waals surface area contributed by atoms with E-state index < -0.39 is 0 Å². The summed E-state index contributed by atoms with van der Waals surface area (Å²) in [5.74, 6) is 2.33. The van der Waals surface area contributed by atoms with Crippen molar-refractivity contribution in [2.75, 3.05) is 0 Å². The van der Waals surface area contributed by atoms with Crippen molar-refractivity contribution in [3.05, 3.63) is 0 Å². The molecule has 1 heteroatoms. The lowest BCUT2D eigenvalue weighted by atomic mass is 9.64. The van der Waals surface area contributed by atoms with Gasteiger partial charge in [-0.25, -0.2) is 0 Å². The van der Waals surface area contributed by atoms with Crippen LogP contribution in [0, 0.1) is 17.8 Å². The Morgan fingerprint density at radius 1 is 1.36 bits per heavy atom. The Bertz CT molecular complexity index is 176. The summed E-state index contributed by atoms with van der Waals surface area (Å²) in [7, 11) is 0. The number of hydrogen-bond donors (Lipinski definition) is 1. The first-order valence-electron chi connectivity index (χ1n) is 6.28. The summed E-state index contributed by atoms with van der Waals surface area (Å²) in [4.78, 5) is 0. The third-order valence-electron chi connectivity index (χ3n) is 3.96. The van der Waals surface area contributed by atoms with Crippen molar-refractivity contribution in [2.45, 2.75) is 65.3 Å². The van der Waals surface area contributed by atoms with E-state index in [0.29, 0.717) is 0 Å². The molecular weight excluding hydrogens is 170 g/mol. The fourth-order valence-electron chi connectivity index (χ4n) is 3.40. The highest BCUT2D eigenvalue weighted by Crippen LogP contribution is 2.41. The van der Waals surface area contributed by atoms with E-state index in [9.17, 15) is 0 Å². The van der Waals surface area contributed by atoms with Gasteiger partial charge in [0.1, 0.15) is 0 Å². The van der Waals surface area contributed by atoms with Crippen LogP contribution in [0.5, 0.6) is 0 Å². The lowest BCUT2D eigenvalue weighted by Crippen LogP contribution is -2.52. The molecule has 14 heavy (non-hydrogen) atoms. The van der Waals surface area contributed by atoms with Crippen molar-refractivity contribution in [2.24, 2.45) is 23.5 Å². The average molecular weight is 197 g/mol. The minimum absolute atomic E-state index is 0.139. The van der Waals surface area contributed by atoms with E-state index in [2.05, 4.69) is 27.7 Å². The zero-order valence-electron chi connectivity index (χ0n) is 10.3. The van der Waals surface area contributed by atoms with Crippen LogP contribution < -0.4 is 5.73 Å². The molecule has 0 aromatic rings. The van der Waals surface area contributed by atoms with Crippen molar-refractivity contribution in [1.82, 2.24) is 0 Å². The van der Waals surface area contributed by atoms with Crippen LogP contribution in [-0.2, 0) is 0 Å². The summed E-state index contributed by atoms with van der Waals surface area (Å²) < 4.78 is 0. The second-order valence-corrected chi connectivity index (χ2v) is 5.72. The van der Waals surface area contributed by atoms with E-state index in [1.807, 2.05) is 0 Å². The Hall–Kier alpha value is -0.0400. The maximum atomic E-state index is 6.61. The molecule has 0 bridgehead atoms. The van der Waals surface area contributed by atoms with Crippen LogP contribution in [0.2, 0.25) is 0 Å². The van der Waals surface area contributed by atoms with Crippen molar-refractivity contribution in [1.29, 1.82) is 0 Å². The lowest BCUT2D eigenvalue weighted by molar-refractivity contribution is 0.101. The standard InChI is InChI=1S/C13H27N/c1-5-8-13(14)9-11(4)6-7-12(13)10(2)3/h10-12H,5-9,14H2,1-4H3. The summed E-state index contributed by atoms with van der Waals surface area (Å²) in [6.07, 6.45) is 6.40. The first-order valence-corrected chi connectivity index (χ1v) is 6.28. The quantitative estimate of drug-likeness (QED) is 0.735. The summed E-state index contributed by atoms with van der Waals surface area (Å²) in [6.45, 7) is 9.27. The second kappa shape index (κ2) is 4.65. The van der Waals surface area contributed by atoms with E-state index in [4.69, 9.17) is 5.73 Å². The topological polar surface area (TPSA) is 26.0 Å². The molecule has 1 fully saturated rings. The van der Waals surface area contributed by atoms with Gasteiger partial charge in [-0.2, -0.15) is 0 Å². The van der Waals surface area contributed by atoms with Gasteiger partial charge >= 0.3 is 0 Å². The Labute approximate surface area is 89.5 Å². The van der Waals surface area contributed by atoms with Gasteiger partial charge in [-0.15, -0.1) is 0 Å². The van der Waals surface area contributed by atoms with Gasteiger partial charge < -0.3 is 5.73 Å². The number of nitrogens with two attached hydrogens (primary N) is 1. The van der Waals surface area contributed by atoms with Gasteiger partial charge in [0.25, 0.3) is 0 Å². The Kier molecular flexibility index (Phi) is 4.00. The van der Waals surface area contributed by atoms with E-state index in [1.54, 1.807) is 0 Å². The SMILES string of the molecule is CCCC1(N)CC(C)CCC1C(C)C. The molecule has 84 valence electrons.